The summed E-state index contributed by atoms with van der Waals surface area (Å²) in [6, 6.07) is 1.86. The van der Waals surface area contributed by atoms with Crippen LogP contribution in [0.4, 0.5) is 10.1 Å². The van der Waals surface area contributed by atoms with Crippen LogP contribution in [0.15, 0.2) is 16.6 Å². The van der Waals surface area contributed by atoms with Gasteiger partial charge in [0, 0.05) is 16.1 Å². The van der Waals surface area contributed by atoms with Crippen molar-refractivity contribution in [1.82, 2.24) is 15.4 Å². The number of halogens is 2. The molecule has 1 heterocycles. The summed E-state index contributed by atoms with van der Waals surface area (Å²) in [6.07, 6.45) is 0. The van der Waals surface area contributed by atoms with Gasteiger partial charge in [0.25, 0.3) is 5.91 Å². The smallest absolute Gasteiger partial charge is 0.305 e. The van der Waals surface area contributed by atoms with Crippen LogP contribution in [0.2, 0.25) is 0 Å². The third-order valence-electron chi connectivity index (χ3n) is 2.27. The topological polar surface area (TPSA) is 128 Å². The molecule has 2 rings (SSSR count). The number of nitro benzene ring substituents is 1. The summed E-state index contributed by atoms with van der Waals surface area (Å²) in [5, 5.41) is 20.0. The lowest BCUT2D eigenvalue weighted by Gasteiger charge is -2.03. The Morgan fingerprint density at radius 1 is 1.47 bits per heavy atom. The molecule has 10 heteroatoms. The number of aromatic amines is 1. The summed E-state index contributed by atoms with van der Waals surface area (Å²) < 4.78 is 13.8. The zero-order chi connectivity index (χ0) is 14.2. The normalized spacial score (nSPS) is 10.4. The zero-order valence-electron chi connectivity index (χ0n) is 9.05. The van der Waals surface area contributed by atoms with Gasteiger partial charge >= 0.3 is 5.69 Å². The fraction of sp³-hybridized carbons (Fsp3) is 0. The van der Waals surface area contributed by atoms with Gasteiger partial charge in [0.2, 0.25) is 5.82 Å². The Labute approximate surface area is 113 Å². The molecule has 0 saturated heterocycles. The van der Waals surface area contributed by atoms with Gasteiger partial charge in [-0.1, -0.05) is 0 Å². The van der Waals surface area contributed by atoms with Crippen molar-refractivity contribution >= 4 is 27.5 Å². The number of primary amides is 1. The molecule has 0 aliphatic carbocycles. The predicted octanol–water partition coefficient (Wildman–Crippen LogP) is 1.38. The monoisotopic (exact) mass is 329 g/mol. The van der Waals surface area contributed by atoms with Crippen molar-refractivity contribution in [3.63, 3.8) is 0 Å². The van der Waals surface area contributed by atoms with Gasteiger partial charge in [-0.2, -0.15) is 19.8 Å². The molecule has 0 spiro atoms. The van der Waals surface area contributed by atoms with Gasteiger partial charge in [-0.15, -0.1) is 0 Å². The lowest BCUT2D eigenvalue weighted by molar-refractivity contribution is -0.387. The molecule has 0 bridgehead atoms. The van der Waals surface area contributed by atoms with Crippen LogP contribution in [0.3, 0.4) is 0 Å². The molecule has 0 aliphatic rings. The van der Waals surface area contributed by atoms with Crippen LogP contribution < -0.4 is 5.73 Å². The SMILES string of the molecule is NC(=O)c1n[nH]nc1-c1cc(F)c([N+](=O)[O-])cc1Br. The van der Waals surface area contributed by atoms with Crippen molar-refractivity contribution in [2.75, 3.05) is 0 Å². The summed E-state index contributed by atoms with van der Waals surface area (Å²) in [7, 11) is 0. The van der Waals surface area contributed by atoms with Crippen LogP contribution in [-0.2, 0) is 0 Å². The first-order valence-electron chi connectivity index (χ1n) is 4.76. The summed E-state index contributed by atoms with van der Waals surface area (Å²) in [5.41, 5.74) is 4.34. The highest BCUT2D eigenvalue weighted by Gasteiger charge is 2.22. The molecular formula is C9H5BrFN5O3. The number of nitrogens with two attached hydrogens (primary N) is 1. The number of rotatable bonds is 3. The number of carbonyl (C=O) groups excluding carboxylic acids is 1. The average molecular weight is 330 g/mol. The number of benzene rings is 1. The standard InChI is InChI=1S/C9H5BrFN5O3/c10-4-2-6(16(18)19)5(11)1-3(4)7-8(9(12)17)14-15-13-7/h1-2H,(H2,12,17)(H,13,14,15). The predicted molar refractivity (Wildman–Crippen MR) is 64.6 cm³/mol. The molecule has 0 atom stereocenters. The Bertz CT molecular complexity index is 686. The van der Waals surface area contributed by atoms with Gasteiger partial charge in [-0.05, 0) is 22.0 Å². The van der Waals surface area contributed by atoms with Gasteiger partial charge in [-0.3, -0.25) is 14.9 Å². The molecule has 2 aromatic rings. The summed E-state index contributed by atoms with van der Waals surface area (Å²) in [4.78, 5) is 20.8. The van der Waals surface area contributed by atoms with Gasteiger partial charge in [-0.25, -0.2) is 0 Å². The molecule has 0 aliphatic heterocycles. The van der Waals surface area contributed by atoms with Crippen molar-refractivity contribution in [2.45, 2.75) is 0 Å². The summed E-state index contributed by atoms with van der Waals surface area (Å²) >= 11 is 3.05. The number of H-pyrrole nitrogens is 1. The Kier molecular flexibility index (Phi) is 3.25. The highest BCUT2D eigenvalue weighted by Crippen LogP contribution is 2.33. The van der Waals surface area contributed by atoms with Gasteiger partial charge in [0.1, 0.15) is 5.69 Å². The molecule has 98 valence electrons. The van der Waals surface area contributed by atoms with E-state index in [4.69, 9.17) is 5.73 Å². The fourth-order valence-corrected chi connectivity index (χ4v) is 1.97. The Morgan fingerprint density at radius 2 is 2.16 bits per heavy atom. The number of amides is 1. The van der Waals surface area contributed by atoms with E-state index in [2.05, 4.69) is 31.3 Å². The minimum Gasteiger partial charge on any atom is -0.364 e. The van der Waals surface area contributed by atoms with E-state index in [0.717, 1.165) is 12.1 Å². The third-order valence-corrected chi connectivity index (χ3v) is 2.93. The van der Waals surface area contributed by atoms with E-state index in [1.165, 1.54) is 0 Å². The molecule has 1 aromatic carbocycles. The number of hydrogen-bond acceptors (Lipinski definition) is 5. The first-order valence-corrected chi connectivity index (χ1v) is 5.55. The lowest BCUT2D eigenvalue weighted by Crippen LogP contribution is -2.13. The number of nitro groups is 1. The second kappa shape index (κ2) is 4.72. The van der Waals surface area contributed by atoms with Crippen LogP contribution in [0.25, 0.3) is 11.3 Å². The van der Waals surface area contributed by atoms with Crippen LogP contribution in [0.1, 0.15) is 10.5 Å². The maximum atomic E-state index is 13.6. The van der Waals surface area contributed by atoms with Crippen LogP contribution in [-0.4, -0.2) is 26.2 Å². The van der Waals surface area contributed by atoms with Crippen molar-refractivity contribution in [1.29, 1.82) is 0 Å². The average Bonchev–Trinajstić information content (AvgIpc) is 2.80. The van der Waals surface area contributed by atoms with Crippen molar-refractivity contribution < 1.29 is 14.1 Å². The zero-order valence-corrected chi connectivity index (χ0v) is 10.6. The fourth-order valence-electron chi connectivity index (χ4n) is 1.45. The second-order valence-electron chi connectivity index (χ2n) is 3.43. The Hall–Kier alpha value is -2.36. The van der Waals surface area contributed by atoms with E-state index < -0.39 is 22.3 Å². The maximum absolute atomic E-state index is 13.6. The minimum absolute atomic E-state index is 0.00757. The van der Waals surface area contributed by atoms with Crippen LogP contribution in [0, 0.1) is 15.9 Å². The van der Waals surface area contributed by atoms with Gasteiger partial charge < -0.3 is 5.73 Å². The lowest BCUT2D eigenvalue weighted by atomic mass is 10.1. The van der Waals surface area contributed by atoms with Crippen molar-refractivity contribution in [3.05, 3.63) is 38.2 Å². The first kappa shape index (κ1) is 13.1. The number of aromatic nitrogens is 3. The van der Waals surface area contributed by atoms with E-state index in [-0.39, 0.29) is 21.4 Å². The number of nitrogens with one attached hydrogen (secondary N) is 1. The second-order valence-corrected chi connectivity index (χ2v) is 4.28. The molecule has 0 radical (unpaired) electrons. The largest absolute Gasteiger partial charge is 0.364 e. The van der Waals surface area contributed by atoms with Crippen LogP contribution >= 0.6 is 15.9 Å². The van der Waals surface area contributed by atoms with Gasteiger partial charge in [0.05, 0.1) is 4.92 Å². The quantitative estimate of drug-likeness (QED) is 0.649. The van der Waals surface area contributed by atoms with Crippen molar-refractivity contribution in [2.24, 2.45) is 5.73 Å². The molecule has 8 nitrogen and oxygen atoms in total. The Morgan fingerprint density at radius 3 is 2.74 bits per heavy atom. The maximum Gasteiger partial charge on any atom is 0.305 e. The number of hydrogen-bond donors (Lipinski definition) is 2. The molecule has 19 heavy (non-hydrogen) atoms. The molecule has 0 fully saturated rings. The number of nitrogens with zero attached hydrogens (tertiary/aromatic N) is 3. The summed E-state index contributed by atoms with van der Waals surface area (Å²) in [6.45, 7) is 0. The summed E-state index contributed by atoms with van der Waals surface area (Å²) in [5.74, 6) is -1.91. The van der Waals surface area contributed by atoms with Crippen LogP contribution in [0.5, 0.6) is 0 Å². The Balaban J connectivity index is 2.64. The molecule has 1 aromatic heterocycles. The molecule has 1 amide bonds. The van der Waals surface area contributed by atoms with E-state index in [9.17, 15) is 19.3 Å². The van der Waals surface area contributed by atoms with Gasteiger partial charge in [0.15, 0.2) is 5.69 Å². The van der Waals surface area contributed by atoms with E-state index >= 15 is 0 Å². The molecule has 3 N–H and O–H groups in total. The van der Waals surface area contributed by atoms with E-state index in [1.807, 2.05) is 0 Å². The van der Waals surface area contributed by atoms with Crippen molar-refractivity contribution in [3.8, 4) is 11.3 Å². The highest BCUT2D eigenvalue weighted by atomic mass is 79.9. The highest BCUT2D eigenvalue weighted by molar-refractivity contribution is 9.10. The van der Waals surface area contributed by atoms with E-state index in [0.29, 0.717) is 0 Å². The molecule has 0 saturated carbocycles. The van der Waals surface area contributed by atoms with E-state index in [1.54, 1.807) is 0 Å². The number of carbonyl (C=O) groups is 1. The molecular weight excluding hydrogens is 325 g/mol. The third kappa shape index (κ3) is 2.29. The minimum atomic E-state index is -1.05. The first-order chi connectivity index (χ1) is 8.91. The molecule has 0 unspecified atom stereocenters.